The fourth-order valence-corrected chi connectivity index (χ4v) is 4.58. The van der Waals surface area contributed by atoms with Crippen LogP contribution in [0.25, 0.3) is 43.7 Å². The number of hydrogen-bond acceptors (Lipinski definition) is 2. The molecule has 0 aliphatic rings. The van der Waals surface area contributed by atoms with Gasteiger partial charge in [0.25, 0.3) is 0 Å². The van der Waals surface area contributed by atoms with E-state index in [0.717, 1.165) is 33.3 Å². The Bertz CT molecular complexity index is 1590. The van der Waals surface area contributed by atoms with Crippen LogP contribution in [-0.2, 0) is 7.05 Å². The van der Waals surface area contributed by atoms with E-state index in [1.807, 2.05) is 12.1 Å². The number of anilines is 2. The second-order valence-corrected chi connectivity index (χ2v) is 8.12. The average Bonchev–Trinajstić information content (AvgIpc) is 3.28. The lowest BCUT2D eigenvalue weighted by Gasteiger charge is -2.20. The van der Waals surface area contributed by atoms with Gasteiger partial charge in [-0.1, -0.05) is 36.4 Å². The van der Waals surface area contributed by atoms with Gasteiger partial charge < -0.3 is 13.9 Å². The van der Waals surface area contributed by atoms with Crippen molar-refractivity contribution < 1.29 is 4.42 Å². The average molecular weight is 390 g/mol. The monoisotopic (exact) mass is 390 g/mol. The second-order valence-electron chi connectivity index (χ2n) is 8.12. The summed E-state index contributed by atoms with van der Waals surface area (Å²) in [6, 6.07) is 28.0. The van der Waals surface area contributed by atoms with E-state index in [4.69, 9.17) is 4.42 Å². The number of furan rings is 1. The zero-order chi connectivity index (χ0) is 20.4. The van der Waals surface area contributed by atoms with Crippen LogP contribution in [0.3, 0.4) is 0 Å². The molecule has 6 rings (SSSR count). The van der Waals surface area contributed by atoms with E-state index >= 15 is 0 Å². The Kier molecular flexibility index (Phi) is 3.51. The Balaban J connectivity index is 1.50. The zero-order valence-corrected chi connectivity index (χ0v) is 17.3. The van der Waals surface area contributed by atoms with Gasteiger partial charge in [0.15, 0.2) is 0 Å². The van der Waals surface area contributed by atoms with Crippen molar-refractivity contribution in [3.05, 3.63) is 84.4 Å². The van der Waals surface area contributed by atoms with E-state index in [-0.39, 0.29) is 0 Å². The molecule has 0 saturated carbocycles. The lowest BCUT2D eigenvalue weighted by Crippen LogP contribution is -2.09. The Morgan fingerprint density at radius 3 is 2.20 bits per heavy atom. The highest BCUT2D eigenvalue weighted by molar-refractivity contribution is 6.09. The fraction of sp³-hybridized carbons (Fsp3) is 0.111. The number of para-hydroxylation sites is 1. The number of fused-ring (bicyclic) bond motifs is 6. The van der Waals surface area contributed by atoms with Crippen molar-refractivity contribution in [2.24, 2.45) is 7.05 Å². The van der Waals surface area contributed by atoms with Gasteiger partial charge in [0.1, 0.15) is 11.2 Å². The lowest BCUT2D eigenvalue weighted by molar-refractivity contribution is 0.669. The molecule has 0 atom stereocenters. The first-order valence-corrected chi connectivity index (χ1v) is 10.2. The molecular weight excluding hydrogens is 368 g/mol. The molecule has 0 amide bonds. The molecule has 0 saturated heterocycles. The Hall–Kier alpha value is -3.72. The molecular formula is C27H22N2O. The van der Waals surface area contributed by atoms with E-state index in [2.05, 4.69) is 97.2 Å². The molecule has 3 nitrogen and oxygen atoms in total. The standard InChI is InChI=1S/C27H22N2O/c1-17-8-11-20-21-12-9-19(16-25(21)29(3)24(20)14-17)28(2)18-10-13-27-23(15-18)22-6-4-5-7-26(22)30-27/h4-16H,1-3H3. The normalized spacial score (nSPS) is 11.8. The minimum absolute atomic E-state index is 0.924. The number of rotatable bonds is 2. The molecule has 146 valence electrons. The maximum absolute atomic E-state index is 5.99. The maximum Gasteiger partial charge on any atom is 0.135 e. The molecule has 0 aliphatic heterocycles. The van der Waals surface area contributed by atoms with E-state index in [1.165, 1.54) is 27.4 Å². The summed E-state index contributed by atoms with van der Waals surface area (Å²) in [5.41, 5.74) is 7.96. The van der Waals surface area contributed by atoms with Crippen LogP contribution in [0.5, 0.6) is 0 Å². The van der Waals surface area contributed by atoms with Crippen molar-refractivity contribution in [2.75, 3.05) is 11.9 Å². The van der Waals surface area contributed by atoms with Gasteiger partial charge in [0, 0.05) is 52.5 Å². The second kappa shape index (κ2) is 6.14. The smallest absolute Gasteiger partial charge is 0.135 e. The predicted molar refractivity (Wildman–Crippen MR) is 127 cm³/mol. The van der Waals surface area contributed by atoms with Crippen molar-refractivity contribution in [3.63, 3.8) is 0 Å². The number of nitrogens with zero attached hydrogens (tertiary/aromatic N) is 2. The van der Waals surface area contributed by atoms with Crippen LogP contribution in [0.4, 0.5) is 11.4 Å². The fourth-order valence-electron chi connectivity index (χ4n) is 4.58. The first-order valence-electron chi connectivity index (χ1n) is 10.2. The van der Waals surface area contributed by atoms with Gasteiger partial charge in [-0.2, -0.15) is 0 Å². The molecule has 3 heteroatoms. The molecule has 0 spiro atoms. The number of aryl methyl sites for hydroxylation is 2. The van der Waals surface area contributed by atoms with Gasteiger partial charge in [0.2, 0.25) is 0 Å². The van der Waals surface area contributed by atoms with Crippen LogP contribution >= 0.6 is 0 Å². The highest BCUT2D eigenvalue weighted by Crippen LogP contribution is 2.36. The molecule has 2 heterocycles. The summed E-state index contributed by atoms with van der Waals surface area (Å²) in [4.78, 5) is 2.24. The van der Waals surface area contributed by atoms with Crippen molar-refractivity contribution in [3.8, 4) is 0 Å². The van der Waals surface area contributed by atoms with Crippen molar-refractivity contribution in [1.82, 2.24) is 4.57 Å². The summed E-state index contributed by atoms with van der Waals surface area (Å²) in [7, 11) is 4.27. The van der Waals surface area contributed by atoms with Crippen LogP contribution in [-0.4, -0.2) is 11.6 Å². The van der Waals surface area contributed by atoms with E-state index in [9.17, 15) is 0 Å². The summed E-state index contributed by atoms with van der Waals surface area (Å²) in [6.07, 6.45) is 0. The van der Waals surface area contributed by atoms with E-state index < -0.39 is 0 Å². The van der Waals surface area contributed by atoms with E-state index in [1.54, 1.807) is 0 Å². The number of hydrogen-bond donors (Lipinski definition) is 0. The summed E-state index contributed by atoms with van der Waals surface area (Å²) in [5.74, 6) is 0. The molecule has 0 bridgehead atoms. The quantitative estimate of drug-likeness (QED) is 0.309. The third kappa shape index (κ3) is 2.38. The van der Waals surface area contributed by atoms with Gasteiger partial charge in [-0.15, -0.1) is 0 Å². The van der Waals surface area contributed by atoms with Gasteiger partial charge in [-0.25, -0.2) is 0 Å². The minimum atomic E-state index is 0.924. The van der Waals surface area contributed by atoms with Crippen LogP contribution in [0.15, 0.2) is 83.3 Å². The molecule has 0 N–H and O–H groups in total. The Labute approximate surface area is 174 Å². The SMILES string of the molecule is Cc1ccc2c3ccc(N(C)c4ccc5oc6ccccc6c5c4)cc3n(C)c2c1. The van der Waals surface area contributed by atoms with Crippen LogP contribution in [0, 0.1) is 6.92 Å². The minimum Gasteiger partial charge on any atom is -0.456 e. The summed E-state index contributed by atoms with van der Waals surface area (Å²) in [5, 5.41) is 4.90. The van der Waals surface area contributed by atoms with Gasteiger partial charge in [0.05, 0.1) is 5.52 Å². The number of benzene rings is 4. The third-order valence-corrected chi connectivity index (χ3v) is 6.28. The van der Waals surface area contributed by atoms with Gasteiger partial charge in [-0.3, -0.25) is 0 Å². The third-order valence-electron chi connectivity index (χ3n) is 6.28. The molecule has 0 unspecified atom stereocenters. The highest BCUT2D eigenvalue weighted by Gasteiger charge is 2.13. The van der Waals surface area contributed by atoms with E-state index in [0.29, 0.717) is 0 Å². The summed E-state index contributed by atoms with van der Waals surface area (Å²) >= 11 is 0. The highest BCUT2D eigenvalue weighted by atomic mass is 16.3. The zero-order valence-electron chi connectivity index (χ0n) is 17.3. The first-order chi connectivity index (χ1) is 14.6. The van der Waals surface area contributed by atoms with Crippen LogP contribution in [0.2, 0.25) is 0 Å². The van der Waals surface area contributed by atoms with Crippen molar-refractivity contribution in [2.45, 2.75) is 6.92 Å². The molecule has 6 aromatic rings. The van der Waals surface area contributed by atoms with Crippen molar-refractivity contribution in [1.29, 1.82) is 0 Å². The Morgan fingerprint density at radius 2 is 1.33 bits per heavy atom. The topological polar surface area (TPSA) is 21.3 Å². The summed E-state index contributed by atoms with van der Waals surface area (Å²) in [6.45, 7) is 2.14. The van der Waals surface area contributed by atoms with Gasteiger partial charge >= 0.3 is 0 Å². The first kappa shape index (κ1) is 17.2. The lowest BCUT2D eigenvalue weighted by atomic mass is 10.1. The van der Waals surface area contributed by atoms with Crippen molar-refractivity contribution >= 4 is 55.1 Å². The molecule has 0 aliphatic carbocycles. The molecule has 0 radical (unpaired) electrons. The summed E-state index contributed by atoms with van der Waals surface area (Å²) < 4.78 is 8.28. The molecule has 0 fully saturated rings. The maximum atomic E-state index is 5.99. The molecule has 4 aromatic carbocycles. The molecule has 30 heavy (non-hydrogen) atoms. The largest absolute Gasteiger partial charge is 0.456 e. The molecule has 2 aromatic heterocycles. The van der Waals surface area contributed by atoms with Crippen LogP contribution in [0.1, 0.15) is 5.56 Å². The van der Waals surface area contributed by atoms with Crippen LogP contribution < -0.4 is 4.90 Å². The van der Waals surface area contributed by atoms with Gasteiger partial charge in [-0.05, 0) is 55.0 Å². The predicted octanol–water partition coefficient (Wildman–Crippen LogP) is 7.31. The number of aromatic nitrogens is 1. The Morgan fingerprint density at radius 1 is 0.667 bits per heavy atom.